The molecule has 3 nitrogen and oxygen atoms in total. The van der Waals surface area contributed by atoms with Gasteiger partial charge in [-0.05, 0) is 38.3 Å². The highest BCUT2D eigenvalue weighted by atomic mass is 32.1. The van der Waals surface area contributed by atoms with Crippen LogP contribution in [0.15, 0.2) is 18.2 Å². The van der Waals surface area contributed by atoms with Crippen LogP contribution in [0.25, 0.3) is 10.1 Å². The van der Waals surface area contributed by atoms with Gasteiger partial charge in [0.25, 0.3) is 5.91 Å². The van der Waals surface area contributed by atoms with E-state index in [-0.39, 0.29) is 11.4 Å². The number of nitrogens with one attached hydrogen (secondary N) is 1. The van der Waals surface area contributed by atoms with Gasteiger partial charge in [0.2, 0.25) is 0 Å². The minimum Gasteiger partial charge on any atom is -0.397 e. The average molecular weight is 304 g/mol. The molecular weight excluding hydrogens is 280 g/mol. The van der Waals surface area contributed by atoms with Crippen molar-refractivity contribution < 1.29 is 4.79 Å². The number of amides is 1. The molecule has 0 atom stereocenters. The number of hydrogen-bond acceptors (Lipinski definition) is 3. The Morgan fingerprint density at radius 1 is 1.24 bits per heavy atom. The number of nitrogens with two attached hydrogens (primary N) is 1. The lowest BCUT2D eigenvalue weighted by molar-refractivity contribution is 0.0893. The molecular formula is C17H24N2OS. The Labute approximate surface area is 130 Å². The summed E-state index contributed by atoms with van der Waals surface area (Å²) in [5.41, 5.74) is 7.83. The molecule has 1 amide bonds. The molecule has 1 aromatic heterocycles. The fourth-order valence-electron chi connectivity index (χ4n) is 2.71. The second-order valence-electron chi connectivity index (χ2n) is 5.64. The highest BCUT2D eigenvalue weighted by molar-refractivity contribution is 7.21. The van der Waals surface area contributed by atoms with Gasteiger partial charge in [-0.15, -0.1) is 11.3 Å². The van der Waals surface area contributed by atoms with Crippen molar-refractivity contribution in [3.8, 4) is 0 Å². The van der Waals surface area contributed by atoms with Crippen LogP contribution >= 0.6 is 11.3 Å². The third kappa shape index (κ3) is 2.91. The molecule has 0 aliphatic heterocycles. The maximum atomic E-state index is 12.6. The first-order valence-electron chi connectivity index (χ1n) is 7.57. The van der Waals surface area contributed by atoms with E-state index in [2.05, 4.69) is 26.1 Å². The number of thiophene rings is 1. The highest BCUT2D eigenvalue weighted by Crippen LogP contribution is 2.34. The van der Waals surface area contributed by atoms with Crippen LogP contribution in [0.3, 0.4) is 0 Å². The van der Waals surface area contributed by atoms with Crippen molar-refractivity contribution in [1.82, 2.24) is 5.32 Å². The molecule has 0 unspecified atom stereocenters. The first kappa shape index (κ1) is 15.8. The minimum absolute atomic E-state index is 0.0445. The van der Waals surface area contributed by atoms with Crippen molar-refractivity contribution in [3.63, 3.8) is 0 Å². The summed E-state index contributed by atoms with van der Waals surface area (Å²) in [7, 11) is 0. The van der Waals surface area contributed by atoms with E-state index in [9.17, 15) is 4.79 Å². The third-order valence-corrected chi connectivity index (χ3v) is 5.68. The van der Waals surface area contributed by atoms with Gasteiger partial charge in [-0.2, -0.15) is 0 Å². The predicted octanol–water partition coefficient (Wildman–Crippen LogP) is 4.49. The maximum absolute atomic E-state index is 12.6. The van der Waals surface area contributed by atoms with Crippen LogP contribution < -0.4 is 11.1 Å². The zero-order chi connectivity index (χ0) is 15.6. The van der Waals surface area contributed by atoms with Gasteiger partial charge in [0, 0.05) is 15.6 Å². The number of nitrogen functional groups attached to an aromatic ring is 1. The summed E-state index contributed by atoms with van der Waals surface area (Å²) in [6.45, 7) is 8.38. The van der Waals surface area contributed by atoms with E-state index >= 15 is 0 Å². The average Bonchev–Trinajstić information content (AvgIpc) is 2.82. The standard InChI is InChI=1S/C17H24N2OS/c1-5-17(6-2,7-3)19-16(20)15-14(18)12-10-11(4)8-9-13(12)21-15/h8-10H,5-7,18H2,1-4H3,(H,19,20). The molecule has 0 saturated carbocycles. The van der Waals surface area contributed by atoms with E-state index in [1.54, 1.807) is 0 Å². The SMILES string of the molecule is CCC(CC)(CC)NC(=O)c1sc2ccc(C)cc2c1N. The fraction of sp³-hybridized carbons (Fsp3) is 0.471. The van der Waals surface area contributed by atoms with Gasteiger partial charge in [-0.1, -0.05) is 32.4 Å². The summed E-state index contributed by atoms with van der Waals surface area (Å²) in [6.07, 6.45) is 2.78. The summed E-state index contributed by atoms with van der Waals surface area (Å²) in [5, 5.41) is 4.19. The zero-order valence-corrected chi connectivity index (χ0v) is 14.1. The van der Waals surface area contributed by atoms with E-state index < -0.39 is 0 Å². The molecule has 0 aliphatic rings. The van der Waals surface area contributed by atoms with Crippen molar-refractivity contribution in [3.05, 3.63) is 28.6 Å². The summed E-state index contributed by atoms with van der Waals surface area (Å²) in [6, 6.07) is 6.13. The maximum Gasteiger partial charge on any atom is 0.263 e. The van der Waals surface area contributed by atoms with Crippen LogP contribution in [-0.2, 0) is 0 Å². The Bertz CT molecular complexity index is 648. The number of benzene rings is 1. The molecule has 4 heteroatoms. The smallest absolute Gasteiger partial charge is 0.263 e. The second-order valence-corrected chi connectivity index (χ2v) is 6.69. The van der Waals surface area contributed by atoms with E-state index in [0.717, 1.165) is 34.9 Å². The normalized spacial score (nSPS) is 11.8. The number of anilines is 1. The third-order valence-electron chi connectivity index (χ3n) is 4.50. The lowest BCUT2D eigenvalue weighted by Gasteiger charge is -2.31. The quantitative estimate of drug-likeness (QED) is 0.855. The first-order chi connectivity index (χ1) is 9.96. The van der Waals surface area contributed by atoms with E-state index in [0.29, 0.717) is 10.6 Å². The Morgan fingerprint density at radius 3 is 2.43 bits per heavy atom. The summed E-state index contributed by atoms with van der Waals surface area (Å²) in [5.74, 6) is -0.0445. The number of carbonyl (C=O) groups excluding carboxylic acids is 1. The van der Waals surface area contributed by atoms with Crippen LogP contribution in [-0.4, -0.2) is 11.4 Å². The van der Waals surface area contributed by atoms with Crippen LogP contribution in [0.4, 0.5) is 5.69 Å². The van der Waals surface area contributed by atoms with E-state index in [1.165, 1.54) is 11.3 Å². The van der Waals surface area contributed by atoms with E-state index in [4.69, 9.17) is 5.73 Å². The fourth-order valence-corrected chi connectivity index (χ4v) is 3.71. The topological polar surface area (TPSA) is 55.1 Å². The van der Waals surface area contributed by atoms with Crippen molar-refractivity contribution in [2.45, 2.75) is 52.5 Å². The van der Waals surface area contributed by atoms with Gasteiger partial charge in [0.05, 0.1) is 5.69 Å². The molecule has 21 heavy (non-hydrogen) atoms. The minimum atomic E-state index is -0.129. The Balaban J connectivity index is 2.38. The molecule has 2 aromatic rings. The van der Waals surface area contributed by atoms with Crippen LogP contribution in [0.2, 0.25) is 0 Å². The van der Waals surface area contributed by atoms with Crippen molar-refractivity contribution in [2.24, 2.45) is 0 Å². The van der Waals surface area contributed by atoms with E-state index in [1.807, 2.05) is 25.1 Å². The number of fused-ring (bicyclic) bond motifs is 1. The Kier molecular flexibility index (Phi) is 4.57. The molecule has 2 rings (SSSR count). The van der Waals surface area contributed by atoms with Crippen LogP contribution in [0, 0.1) is 6.92 Å². The van der Waals surface area contributed by atoms with Crippen molar-refractivity contribution in [2.75, 3.05) is 5.73 Å². The highest BCUT2D eigenvalue weighted by Gasteiger charge is 2.28. The van der Waals surface area contributed by atoms with Crippen LogP contribution in [0.1, 0.15) is 55.3 Å². The number of carbonyl (C=O) groups is 1. The zero-order valence-electron chi connectivity index (χ0n) is 13.2. The monoisotopic (exact) mass is 304 g/mol. The predicted molar refractivity (Wildman–Crippen MR) is 92.0 cm³/mol. The van der Waals surface area contributed by atoms with Crippen LogP contribution in [0.5, 0.6) is 0 Å². The Morgan fingerprint density at radius 2 is 1.86 bits per heavy atom. The van der Waals surface area contributed by atoms with Gasteiger partial charge >= 0.3 is 0 Å². The van der Waals surface area contributed by atoms with Gasteiger partial charge in [-0.3, -0.25) is 4.79 Å². The molecule has 1 heterocycles. The summed E-state index contributed by atoms with van der Waals surface area (Å²) < 4.78 is 1.07. The van der Waals surface area contributed by atoms with Gasteiger partial charge < -0.3 is 11.1 Å². The molecule has 0 fully saturated rings. The van der Waals surface area contributed by atoms with Crippen molar-refractivity contribution >= 4 is 33.0 Å². The molecule has 114 valence electrons. The summed E-state index contributed by atoms with van der Waals surface area (Å²) >= 11 is 1.48. The largest absolute Gasteiger partial charge is 0.397 e. The Hall–Kier alpha value is -1.55. The molecule has 3 N–H and O–H groups in total. The van der Waals surface area contributed by atoms with Gasteiger partial charge in [0.15, 0.2) is 0 Å². The molecule has 0 bridgehead atoms. The first-order valence-corrected chi connectivity index (χ1v) is 8.39. The molecule has 0 saturated heterocycles. The molecule has 0 radical (unpaired) electrons. The molecule has 0 aliphatic carbocycles. The summed E-state index contributed by atoms with van der Waals surface area (Å²) in [4.78, 5) is 13.3. The van der Waals surface area contributed by atoms with Crippen molar-refractivity contribution in [1.29, 1.82) is 0 Å². The lowest BCUT2D eigenvalue weighted by atomic mass is 9.89. The second kappa shape index (κ2) is 6.06. The van der Waals surface area contributed by atoms with Gasteiger partial charge in [-0.25, -0.2) is 0 Å². The molecule has 0 spiro atoms. The lowest BCUT2D eigenvalue weighted by Crippen LogP contribution is -2.47. The number of rotatable bonds is 5. The number of hydrogen-bond donors (Lipinski definition) is 2. The number of aryl methyl sites for hydroxylation is 1. The van der Waals surface area contributed by atoms with Gasteiger partial charge in [0.1, 0.15) is 4.88 Å². The molecule has 1 aromatic carbocycles.